The van der Waals surface area contributed by atoms with Gasteiger partial charge in [0.1, 0.15) is 0 Å². The van der Waals surface area contributed by atoms with E-state index < -0.39 is 0 Å². The molecule has 0 saturated heterocycles. The zero-order valence-corrected chi connectivity index (χ0v) is 12.1. The van der Waals surface area contributed by atoms with Crippen molar-refractivity contribution in [3.63, 3.8) is 0 Å². The Morgan fingerprint density at radius 2 is 1.95 bits per heavy atom. The predicted octanol–water partition coefficient (Wildman–Crippen LogP) is 1.98. The SMILES string of the molecule is CNCC1=CN(c2cc(OC)c(O)c(OC)c2)CS1. The number of nitrogens with zero attached hydrogens (tertiary/aromatic N) is 1. The van der Waals surface area contributed by atoms with Crippen LogP contribution in [0.2, 0.25) is 0 Å². The van der Waals surface area contributed by atoms with Gasteiger partial charge >= 0.3 is 0 Å². The van der Waals surface area contributed by atoms with Crippen LogP contribution in [0.5, 0.6) is 17.2 Å². The molecule has 2 N–H and O–H groups in total. The summed E-state index contributed by atoms with van der Waals surface area (Å²) in [5.41, 5.74) is 0.935. The van der Waals surface area contributed by atoms with E-state index in [-0.39, 0.29) is 5.75 Å². The monoisotopic (exact) mass is 282 g/mol. The van der Waals surface area contributed by atoms with E-state index >= 15 is 0 Å². The first-order valence-corrected chi connectivity index (χ1v) is 6.88. The maximum atomic E-state index is 9.89. The summed E-state index contributed by atoms with van der Waals surface area (Å²) in [6.45, 7) is 0.855. The number of rotatable bonds is 5. The minimum Gasteiger partial charge on any atom is -0.502 e. The molecule has 1 aromatic carbocycles. The van der Waals surface area contributed by atoms with E-state index in [9.17, 15) is 5.11 Å². The lowest BCUT2D eigenvalue weighted by atomic mass is 10.2. The smallest absolute Gasteiger partial charge is 0.200 e. The molecule has 0 atom stereocenters. The Balaban J connectivity index is 2.30. The highest BCUT2D eigenvalue weighted by Crippen LogP contribution is 2.41. The summed E-state index contributed by atoms with van der Waals surface area (Å²) in [6.07, 6.45) is 2.09. The molecule has 0 saturated carbocycles. The van der Waals surface area contributed by atoms with Crippen LogP contribution in [0.1, 0.15) is 0 Å². The first kappa shape index (κ1) is 13.9. The number of methoxy groups -OCH3 is 2. The molecular formula is C13H18N2O3S. The Morgan fingerprint density at radius 1 is 1.32 bits per heavy atom. The van der Waals surface area contributed by atoms with Crippen molar-refractivity contribution >= 4 is 17.4 Å². The van der Waals surface area contributed by atoms with Crippen LogP contribution < -0.4 is 19.7 Å². The standard InChI is InChI=1S/C13H18N2O3S/c1-14-6-10-7-15(8-19-10)9-4-11(17-2)13(16)12(5-9)18-3/h4-5,7,14,16H,6,8H2,1-3H3. The van der Waals surface area contributed by atoms with E-state index in [1.165, 1.54) is 19.1 Å². The summed E-state index contributed by atoms with van der Waals surface area (Å²) in [4.78, 5) is 3.37. The summed E-state index contributed by atoms with van der Waals surface area (Å²) < 4.78 is 10.3. The van der Waals surface area contributed by atoms with Gasteiger partial charge in [-0.1, -0.05) is 0 Å². The summed E-state index contributed by atoms with van der Waals surface area (Å²) in [7, 11) is 4.98. The third-order valence-electron chi connectivity index (χ3n) is 2.84. The average molecular weight is 282 g/mol. The molecule has 5 nitrogen and oxygen atoms in total. The molecule has 1 aromatic rings. The number of hydrogen-bond donors (Lipinski definition) is 2. The Hall–Kier alpha value is -1.53. The molecule has 0 radical (unpaired) electrons. The third kappa shape index (κ3) is 2.90. The van der Waals surface area contributed by atoms with Crippen molar-refractivity contribution in [3.05, 3.63) is 23.2 Å². The molecule has 0 aromatic heterocycles. The van der Waals surface area contributed by atoms with E-state index in [1.807, 2.05) is 7.05 Å². The lowest BCUT2D eigenvalue weighted by Crippen LogP contribution is -2.11. The predicted molar refractivity (Wildman–Crippen MR) is 78.2 cm³/mol. The van der Waals surface area contributed by atoms with Gasteiger partial charge in [0.05, 0.1) is 20.1 Å². The first-order valence-electron chi connectivity index (χ1n) is 5.89. The van der Waals surface area contributed by atoms with Crippen LogP contribution in [0.4, 0.5) is 5.69 Å². The molecule has 0 aliphatic carbocycles. The zero-order valence-electron chi connectivity index (χ0n) is 11.3. The van der Waals surface area contributed by atoms with Gasteiger partial charge in [-0.05, 0) is 7.05 Å². The average Bonchev–Trinajstić information content (AvgIpc) is 2.88. The number of likely N-dealkylation sites (N-methyl/N-ethyl adjacent to an activating group) is 1. The first-order chi connectivity index (χ1) is 9.19. The van der Waals surface area contributed by atoms with Crippen LogP contribution in [0, 0.1) is 0 Å². The van der Waals surface area contributed by atoms with E-state index in [4.69, 9.17) is 9.47 Å². The van der Waals surface area contributed by atoms with E-state index in [1.54, 1.807) is 23.9 Å². The minimum absolute atomic E-state index is 0.0278. The van der Waals surface area contributed by atoms with Crippen molar-refractivity contribution < 1.29 is 14.6 Å². The fourth-order valence-electron chi connectivity index (χ4n) is 1.87. The number of phenolic OH excluding ortho intramolecular Hbond substituents is 1. The highest BCUT2D eigenvalue weighted by molar-refractivity contribution is 8.03. The van der Waals surface area contributed by atoms with E-state index in [0.717, 1.165) is 18.1 Å². The lowest BCUT2D eigenvalue weighted by molar-refractivity contribution is 0.340. The second-order valence-electron chi connectivity index (χ2n) is 4.07. The minimum atomic E-state index is 0.0278. The van der Waals surface area contributed by atoms with E-state index in [2.05, 4.69) is 16.4 Å². The molecule has 1 heterocycles. The number of anilines is 1. The van der Waals surface area contributed by atoms with Gasteiger partial charge in [0, 0.05) is 35.5 Å². The molecule has 2 rings (SSSR count). The van der Waals surface area contributed by atoms with Crippen molar-refractivity contribution in [1.29, 1.82) is 0 Å². The number of aromatic hydroxyl groups is 1. The number of hydrogen-bond acceptors (Lipinski definition) is 6. The Bertz CT molecular complexity index is 466. The second kappa shape index (κ2) is 6.08. The van der Waals surface area contributed by atoms with Crippen molar-refractivity contribution in [2.45, 2.75) is 0 Å². The van der Waals surface area contributed by atoms with Gasteiger partial charge in [-0.2, -0.15) is 0 Å². The molecule has 0 spiro atoms. The fraction of sp³-hybridized carbons (Fsp3) is 0.385. The maximum Gasteiger partial charge on any atom is 0.200 e. The highest BCUT2D eigenvalue weighted by atomic mass is 32.2. The summed E-state index contributed by atoms with van der Waals surface area (Å²) >= 11 is 1.78. The largest absolute Gasteiger partial charge is 0.502 e. The zero-order chi connectivity index (χ0) is 13.8. The molecule has 19 heavy (non-hydrogen) atoms. The highest BCUT2D eigenvalue weighted by Gasteiger charge is 2.18. The summed E-state index contributed by atoms with van der Waals surface area (Å²) in [5.74, 6) is 1.69. The van der Waals surface area contributed by atoms with Crippen LogP contribution in [0.25, 0.3) is 0 Å². The lowest BCUT2D eigenvalue weighted by Gasteiger charge is -2.18. The summed E-state index contributed by atoms with van der Waals surface area (Å²) in [6, 6.07) is 3.61. The number of ether oxygens (including phenoxy) is 2. The molecule has 0 bridgehead atoms. The van der Waals surface area contributed by atoms with Crippen LogP contribution in [-0.2, 0) is 0 Å². The molecule has 6 heteroatoms. The van der Waals surface area contributed by atoms with Gasteiger partial charge in [0.2, 0.25) is 5.75 Å². The van der Waals surface area contributed by atoms with Gasteiger partial charge in [-0.25, -0.2) is 0 Å². The second-order valence-corrected chi connectivity index (χ2v) is 5.14. The third-order valence-corrected chi connectivity index (χ3v) is 3.86. The van der Waals surface area contributed by atoms with Crippen LogP contribution in [0.3, 0.4) is 0 Å². The molecule has 0 amide bonds. The Labute approximate surface area is 117 Å². The topological polar surface area (TPSA) is 54.0 Å². The quantitative estimate of drug-likeness (QED) is 0.861. The van der Waals surface area contributed by atoms with Crippen LogP contribution >= 0.6 is 11.8 Å². The molecule has 104 valence electrons. The Morgan fingerprint density at radius 3 is 2.47 bits per heavy atom. The van der Waals surface area contributed by atoms with Crippen LogP contribution in [0.15, 0.2) is 23.2 Å². The molecule has 0 fully saturated rings. The molecular weight excluding hydrogens is 264 g/mol. The summed E-state index contributed by atoms with van der Waals surface area (Å²) in [5, 5.41) is 13.0. The fourth-order valence-corrected chi connectivity index (χ4v) is 2.84. The van der Waals surface area contributed by atoms with Gasteiger partial charge in [0.15, 0.2) is 11.5 Å². The van der Waals surface area contributed by atoms with Crippen molar-refractivity contribution in [3.8, 4) is 17.2 Å². The van der Waals surface area contributed by atoms with Crippen molar-refractivity contribution in [2.75, 3.05) is 38.6 Å². The molecule has 0 unspecified atom stereocenters. The van der Waals surface area contributed by atoms with E-state index in [0.29, 0.717) is 11.5 Å². The number of benzene rings is 1. The molecule has 1 aliphatic rings. The van der Waals surface area contributed by atoms with Crippen molar-refractivity contribution in [2.24, 2.45) is 0 Å². The maximum absolute atomic E-state index is 9.89. The number of nitrogens with one attached hydrogen (secondary N) is 1. The molecule has 1 aliphatic heterocycles. The van der Waals surface area contributed by atoms with Gasteiger partial charge in [-0.15, -0.1) is 11.8 Å². The normalized spacial score (nSPS) is 14.5. The van der Waals surface area contributed by atoms with Gasteiger partial charge < -0.3 is 24.8 Å². The number of thioether (sulfide) groups is 1. The van der Waals surface area contributed by atoms with Crippen LogP contribution in [-0.4, -0.2) is 38.8 Å². The Kier molecular flexibility index (Phi) is 4.44. The van der Waals surface area contributed by atoms with Gasteiger partial charge in [0.25, 0.3) is 0 Å². The van der Waals surface area contributed by atoms with Gasteiger partial charge in [-0.3, -0.25) is 0 Å². The number of phenols is 1. The van der Waals surface area contributed by atoms with Crippen molar-refractivity contribution in [1.82, 2.24) is 5.32 Å².